The number of halogens is 1. The second-order valence-electron chi connectivity index (χ2n) is 5.09. The molecule has 0 saturated carbocycles. The molecule has 1 aromatic rings. The summed E-state index contributed by atoms with van der Waals surface area (Å²) in [6.07, 6.45) is 0.966. The third-order valence-electron chi connectivity index (χ3n) is 2.83. The van der Waals surface area contributed by atoms with Gasteiger partial charge in [0.05, 0.1) is 0 Å². The Kier molecular flexibility index (Phi) is 4.04. The fraction of sp³-hybridized carbons (Fsp3) is 0.538. The fourth-order valence-electron chi connectivity index (χ4n) is 1.51. The number of alkyl halides is 1. The second kappa shape index (κ2) is 4.89. The van der Waals surface area contributed by atoms with Gasteiger partial charge in [0.15, 0.2) is 0 Å². The average molecular weight is 227 g/mol. The van der Waals surface area contributed by atoms with Crippen LogP contribution in [-0.4, -0.2) is 11.0 Å². The van der Waals surface area contributed by atoms with Gasteiger partial charge in [-0.05, 0) is 35.4 Å². The Morgan fingerprint density at radius 1 is 1.20 bits per heavy atom. The van der Waals surface area contributed by atoms with Gasteiger partial charge in [0, 0.05) is 5.88 Å². The maximum Gasteiger partial charge on any atom is 0.115 e. The van der Waals surface area contributed by atoms with Crippen molar-refractivity contribution >= 4 is 11.6 Å². The summed E-state index contributed by atoms with van der Waals surface area (Å²) in [7, 11) is 0. The van der Waals surface area contributed by atoms with Crippen molar-refractivity contribution in [3.8, 4) is 5.75 Å². The van der Waals surface area contributed by atoms with Crippen molar-refractivity contribution in [3.63, 3.8) is 0 Å². The highest BCUT2D eigenvalue weighted by atomic mass is 35.5. The van der Waals surface area contributed by atoms with Gasteiger partial charge in [0.25, 0.3) is 0 Å². The Labute approximate surface area is 97.1 Å². The summed E-state index contributed by atoms with van der Waals surface area (Å²) < 4.78 is 0. The Bertz CT molecular complexity index is 297. The van der Waals surface area contributed by atoms with Crippen molar-refractivity contribution in [2.24, 2.45) is 11.3 Å². The van der Waals surface area contributed by atoms with Crippen LogP contribution in [0.15, 0.2) is 24.3 Å². The molecule has 1 nitrogen and oxygen atoms in total. The van der Waals surface area contributed by atoms with Crippen LogP contribution in [0.25, 0.3) is 0 Å². The van der Waals surface area contributed by atoms with Crippen molar-refractivity contribution in [2.45, 2.75) is 27.2 Å². The molecule has 0 aliphatic heterocycles. The minimum absolute atomic E-state index is 0.222. The molecule has 1 rings (SSSR count). The van der Waals surface area contributed by atoms with Gasteiger partial charge in [-0.2, -0.15) is 0 Å². The molecule has 2 heteroatoms. The van der Waals surface area contributed by atoms with E-state index in [0.717, 1.165) is 6.42 Å². The molecule has 0 aliphatic carbocycles. The van der Waals surface area contributed by atoms with E-state index < -0.39 is 0 Å². The Morgan fingerprint density at radius 3 is 2.13 bits per heavy atom. The number of phenols is 1. The molecule has 0 saturated heterocycles. The van der Waals surface area contributed by atoms with Crippen LogP contribution in [0.2, 0.25) is 0 Å². The van der Waals surface area contributed by atoms with Crippen molar-refractivity contribution in [3.05, 3.63) is 29.8 Å². The predicted molar refractivity (Wildman–Crippen MR) is 65.5 cm³/mol. The summed E-state index contributed by atoms with van der Waals surface area (Å²) in [5.74, 6) is 1.45. The first kappa shape index (κ1) is 12.4. The van der Waals surface area contributed by atoms with Crippen LogP contribution in [0.5, 0.6) is 5.75 Å². The third kappa shape index (κ3) is 3.75. The van der Waals surface area contributed by atoms with Crippen LogP contribution in [0.1, 0.15) is 26.3 Å². The first-order valence-electron chi connectivity index (χ1n) is 5.27. The van der Waals surface area contributed by atoms with E-state index in [2.05, 4.69) is 20.8 Å². The lowest BCUT2D eigenvalue weighted by atomic mass is 9.78. The quantitative estimate of drug-likeness (QED) is 0.777. The number of hydrogen-bond acceptors (Lipinski definition) is 1. The Morgan fingerprint density at radius 2 is 1.73 bits per heavy atom. The van der Waals surface area contributed by atoms with Gasteiger partial charge in [0.2, 0.25) is 0 Å². The highest BCUT2D eigenvalue weighted by molar-refractivity contribution is 6.18. The highest BCUT2D eigenvalue weighted by Gasteiger charge is 2.23. The van der Waals surface area contributed by atoms with Gasteiger partial charge in [-0.3, -0.25) is 0 Å². The van der Waals surface area contributed by atoms with Gasteiger partial charge in [-0.15, -0.1) is 11.6 Å². The molecule has 0 spiro atoms. The smallest absolute Gasteiger partial charge is 0.115 e. The molecule has 1 unspecified atom stereocenters. The molecular weight excluding hydrogens is 208 g/mol. The Balaban J connectivity index is 2.71. The number of phenolic OH excluding ortho intramolecular Hbond substituents is 1. The molecule has 0 aliphatic rings. The van der Waals surface area contributed by atoms with Crippen LogP contribution < -0.4 is 0 Å². The van der Waals surface area contributed by atoms with Gasteiger partial charge < -0.3 is 5.11 Å². The minimum Gasteiger partial charge on any atom is -0.508 e. The predicted octanol–water partition coefficient (Wildman–Crippen LogP) is 3.84. The van der Waals surface area contributed by atoms with Gasteiger partial charge in [-0.25, -0.2) is 0 Å². The summed E-state index contributed by atoms with van der Waals surface area (Å²) in [4.78, 5) is 0. The lowest BCUT2D eigenvalue weighted by Crippen LogP contribution is -2.24. The van der Waals surface area contributed by atoms with E-state index >= 15 is 0 Å². The fourth-order valence-corrected chi connectivity index (χ4v) is 2.08. The van der Waals surface area contributed by atoms with Crippen LogP contribution in [0.3, 0.4) is 0 Å². The molecule has 0 heterocycles. The van der Waals surface area contributed by atoms with Crippen LogP contribution in [0.4, 0.5) is 0 Å². The van der Waals surface area contributed by atoms with Gasteiger partial charge in [0.1, 0.15) is 5.75 Å². The molecule has 0 amide bonds. The third-order valence-corrected chi connectivity index (χ3v) is 3.20. The molecule has 0 fully saturated rings. The summed E-state index contributed by atoms with van der Waals surface area (Å²) in [5, 5.41) is 9.18. The molecule has 1 atom stereocenters. The van der Waals surface area contributed by atoms with Crippen LogP contribution in [-0.2, 0) is 6.42 Å². The first-order chi connectivity index (χ1) is 6.93. The minimum atomic E-state index is 0.222. The highest BCUT2D eigenvalue weighted by Crippen LogP contribution is 2.30. The zero-order valence-corrected chi connectivity index (χ0v) is 10.4. The molecule has 0 bridgehead atoms. The summed E-state index contributed by atoms with van der Waals surface area (Å²) in [6, 6.07) is 7.37. The van der Waals surface area contributed by atoms with E-state index in [1.807, 2.05) is 12.1 Å². The van der Waals surface area contributed by atoms with Gasteiger partial charge in [-0.1, -0.05) is 32.9 Å². The van der Waals surface area contributed by atoms with E-state index in [1.165, 1.54) is 5.56 Å². The number of hydrogen-bond donors (Lipinski definition) is 1. The first-order valence-corrected chi connectivity index (χ1v) is 5.81. The van der Waals surface area contributed by atoms with E-state index in [4.69, 9.17) is 11.6 Å². The number of aromatic hydroxyl groups is 1. The van der Waals surface area contributed by atoms with Crippen LogP contribution in [0, 0.1) is 11.3 Å². The average Bonchev–Trinajstić information content (AvgIpc) is 2.15. The molecule has 1 aromatic carbocycles. The van der Waals surface area contributed by atoms with Crippen molar-refractivity contribution in [1.82, 2.24) is 0 Å². The van der Waals surface area contributed by atoms with E-state index in [0.29, 0.717) is 17.5 Å². The molecule has 0 aromatic heterocycles. The lowest BCUT2D eigenvalue weighted by Gasteiger charge is -2.29. The SMILES string of the molecule is CC(C)(C)C(CCl)Cc1ccc(O)cc1. The largest absolute Gasteiger partial charge is 0.508 e. The zero-order chi connectivity index (χ0) is 11.5. The van der Waals surface area contributed by atoms with Crippen molar-refractivity contribution in [1.29, 1.82) is 0 Å². The Hall–Kier alpha value is -0.690. The maximum absolute atomic E-state index is 9.18. The monoisotopic (exact) mass is 226 g/mol. The van der Waals surface area contributed by atoms with E-state index in [-0.39, 0.29) is 5.41 Å². The summed E-state index contributed by atoms with van der Waals surface area (Å²) in [5.41, 5.74) is 1.45. The van der Waals surface area contributed by atoms with E-state index in [9.17, 15) is 5.11 Å². The zero-order valence-electron chi connectivity index (χ0n) is 9.63. The van der Waals surface area contributed by atoms with Crippen molar-refractivity contribution < 1.29 is 5.11 Å². The normalized spacial score (nSPS) is 13.9. The number of rotatable bonds is 3. The molecule has 0 radical (unpaired) electrons. The lowest BCUT2D eigenvalue weighted by molar-refractivity contribution is 0.264. The summed E-state index contributed by atoms with van der Waals surface area (Å²) >= 11 is 5.98. The van der Waals surface area contributed by atoms with Gasteiger partial charge >= 0.3 is 0 Å². The van der Waals surface area contributed by atoms with E-state index in [1.54, 1.807) is 12.1 Å². The number of benzene rings is 1. The maximum atomic E-state index is 9.18. The topological polar surface area (TPSA) is 20.2 Å². The van der Waals surface area contributed by atoms with Crippen LogP contribution >= 0.6 is 11.6 Å². The molecular formula is C13H19ClO. The second-order valence-corrected chi connectivity index (χ2v) is 5.40. The molecule has 1 N–H and O–H groups in total. The summed E-state index contributed by atoms with van der Waals surface area (Å²) in [6.45, 7) is 6.63. The molecule has 84 valence electrons. The van der Waals surface area contributed by atoms with Crippen molar-refractivity contribution in [2.75, 3.05) is 5.88 Å². The molecule has 15 heavy (non-hydrogen) atoms. The standard InChI is InChI=1S/C13H19ClO/c1-13(2,3)11(9-14)8-10-4-6-12(15)7-5-10/h4-7,11,15H,8-9H2,1-3H3.